The van der Waals surface area contributed by atoms with Gasteiger partial charge in [-0.05, 0) is 57.0 Å². The van der Waals surface area contributed by atoms with Crippen LogP contribution in [0.2, 0.25) is 10.0 Å². The highest BCUT2D eigenvalue weighted by Crippen LogP contribution is 2.26. The van der Waals surface area contributed by atoms with Crippen molar-refractivity contribution in [3.8, 4) is 11.4 Å². The Bertz CT molecular complexity index is 583. The van der Waals surface area contributed by atoms with E-state index in [0.717, 1.165) is 29.8 Å². The maximum atomic E-state index is 6.03. The number of benzene rings is 1. The second-order valence-electron chi connectivity index (χ2n) is 4.75. The van der Waals surface area contributed by atoms with Gasteiger partial charge in [-0.1, -0.05) is 23.2 Å². The monoisotopic (exact) mass is 309 g/mol. The summed E-state index contributed by atoms with van der Waals surface area (Å²) in [5.74, 6) is 0.654. The van der Waals surface area contributed by atoms with Crippen molar-refractivity contribution < 1.29 is 0 Å². The Morgan fingerprint density at radius 2 is 1.55 bits per heavy atom. The summed E-state index contributed by atoms with van der Waals surface area (Å²) in [4.78, 5) is 9.14. The second-order valence-corrected chi connectivity index (χ2v) is 5.62. The summed E-state index contributed by atoms with van der Waals surface area (Å²) in [6.45, 7) is 4.66. The number of rotatable bonds is 4. The van der Waals surface area contributed by atoms with E-state index >= 15 is 0 Å². The predicted octanol–water partition coefficient (Wildman–Crippen LogP) is 3.96. The minimum absolute atomic E-state index is 0.582. The van der Waals surface area contributed by atoms with Gasteiger partial charge in [-0.25, -0.2) is 9.97 Å². The van der Waals surface area contributed by atoms with Crippen LogP contribution in [0.1, 0.15) is 23.4 Å². The molecule has 0 radical (unpaired) electrons. The third-order valence-electron chi connectivity index (χ3n) is 3.17. The van der Waals surface area contributed by atoms with Gasteiger partial charge < -0.3 is 5.73 Å². The smallest absolute Gasteiger partial charge is 0.159 e. The first-order chi connectivity index (χ1) is 9.51. The lowest BCUT2D eigenvalue weighted by molar-refractivity contribution is 0.806. The SMILES string of the molecule is Cc1nc(-c2cc(Cl)cc(Cl)c2)nc(C)c1CCCN. The Labute approximate surface area is 129 Å². The van der Waals surface area contributed by atoms with E-state index in [2.05, 4.69) is 9.97 Å². The van der Waals surface area contributed by atoms with Crippen molar-refractivity contribution in [1.82, 2.24) is 9.97 Å². The third-order valence-corrected chi connectivity index (χ3v) is 3.61. The molecule has 0 aliphatic heterocycles. The summed E-state index contributed by atoms with van der Waals surface area (Å²) in [5.41, 5.74) is 9.53. The molecule has 2 N–H and O–H groups in total. The van der Waals surface area contributed by atoms with Gasteiger partial charge in [-0.3, -0.25) is 0 Å². The largest absolute Gasteiger partial charge is 0.330 e. The van der Waals surface area contributed by atoms with Gasteiger partial charge in [0.15, 0.2) is 5.82 Å². The lowest BCUT2D eigenvalue weighted by Gasteiger charge is -2.11. The summed E-state index contributed by atoms with van der Waals surface area (Å²) in [6, 6.07) is 5.34. The number of aryl methyl sites for hydroxylation is 2. The van der Waals surface area contributed by atoms with Crippen molar-refractivity contribution >= 4 is 23.2 Å². The van der Waals surface area contributed by atoms with Crippen molar-refractivity contribution in [2.45, 2.75) is 26.7 Å². The van der Waals surface area contributed by atoms with Crippen LogP contribution in [0.5, 0.6) is 0 Å². The van der Waals surface area contributed by atoms with Crippen LogP contribution in [0, 0.1) is 13.8 Å². The average Bonchev–Trinajstić information content (AvgIpc) is 2.36. The summed E-state index contributed by atoms with van der Waals surface area (Å²) in [6.07, 6.45) is 1.85. The first-order valence-corrected chi connectivity index (χ1v) is 7.27. The summed E-state index contributed by atoms with van der Waals surface area (Å²) >= 11 is 12.1. The predicted molar refractivity (Wildman–Crippen MR) is 84.3 cm³/mol. The van der Waals surface area contributed by atoms with Gasteiger partial charge >= 0.3 is 0 Å². The van der Waals surface area contributed by atoms with Gasteiger partial charge in [0, 0.05) is 27.0 Å². The zero-order valence-electron chi connectivity index (χ0n) is 11.6. The molecule has 1 heterocycles. The second kappa shape index (κ2) is 6.53. The Kier molecular flexibility index (Phi) is 4.97. The molecule has 0 saturated carbocycles. The Morgan fingerprint density at radius 1 is 1.00 bits per heavy atom. The Morgan fingerprint density at radius 3 is 2.05 bits per heavy atom. The molecular formula is C15H17Cl2N3. The van der Waals surface area contributed by atoms with Crippen molar-refractivity contribution in [1.29, 1.82) is 0 Å². The first-order valence-electron chi connectivity index (χ1n) is 6.52. The van der Waals surface area contributed by atoms with Gasteiger partial charge in [-0.2, -0.15) is 0 Å². The Hall–Kier alpha value is -1.16. The number of halogens is 2. The fraction of sp³-hybridized carbons (Fsp3) is 0.333. The summed E-state index contributed by atoms with van der Waals surface area (Å²) in [5, 5.41) is 1.16. The van der Waals surface area contributed by atoms with Gasteiger partial charge in [-0.15, -0.1) is 0 Å². The standard InChI is InChI=1S/C15H17Cl2N3/c1-9-14(4-3-5-18)10(2)20-15(19-9)11-6-12(16)8-13(17)7-11/h6-8H,3-5,18H2,1-2H3. The van der Waals surface area contributed by atoms with E-state index < -0.39 is 0 Å². The maximum Gasteiger partial charge on any atom is 0.159 e. The highest BCUT2D eigenvalue weighted by molar-refractivity contribution is 6.35. The molecule has 1 aromatic heterocycles. The molecule has 0 unspecified atom stereocenters. The van der Waals surface area contributed by atoms with Gasteiger partial charge in [0.2, 0.25) is 0 Å². The molecule has 2 rings (SSSR count). The van der Waals surface area contributed by atoms with E-state index in [1.54, 1.807) is 6.07 Å². The molecule has 5 heteroatoms. The molecule has 3 nitrogen and oxygen atoms in total. The van der Waals surface area contributed by atoms with Gasteiger partial charge in [0.1, 0.15) is 0 Å². The molecule has 0 atom stereocenters. The summed E-state index contributed by atoms with van der Waals surface area (Å²) < 4.78 is 0. The minimum Gasteiger partial charge on any atom is -0.330 e. The van der Waals surface area contributed by atoms with E-state index in [1.165, 1.54) is 5.56 Å². The van der Waals surface area contributed by atoms with Crippen molar-refractivity contribution in [2.75, 3.05) is 6.54 Å². The van der Waals surface area contributed by atoms with Crippen LogP contribution in [-0.2, 0) is 6.42 Å². The fourth-order valence-corrected chi connectivity index (χ4v) is 2.72. The zero-order valence-corrected chi connectivity index (χ0v) is 13.1. The minimum atomic E-state index is 0.582. The normalized spacial score (nSPS) is 10.8. The molecule has 0 amide bonds. The lowest BCUT2D eigenvalue weighted by atomic mass is 10.1. The molecule has 0 saturated heterocycles. The topological polar surface area (TPSA) is 51.8 Å². The first kappa shape index (κ1) is 15.2. The fourth-order valence-electron chi connectivity index (χ4n) is 2.19. The molecule has 0 aliphatic carbocycles. The molecule has 0 bridgehead atoms. The molecule has 20 heavy (non-hydrogen) atoms. The van der Waals surface area contributed by atoms with E-state index in [1.807, 2.05) is 26.0 Å². The average molecular weight is 310 g/mol. The highest BCUT2D eigenvalue weighted by Gasteiger charge is 2.10. The van der Waals surface area contributed by atoms with E-state index in [4.69, 9.17) is 28.9 Å². The molecule has 106 valence electrons. The van der Waals surface area contributed by atoms with Crippen molar-refractivity contribution in [3.05, 3.63) is 45.2 Å². The van der Waals surface area contributed by atoms with Crippen LogP contribution in [-0.4, -0.2) is 16.5 Å². The maximum absolute atomic E-state index is 6.03. The van der Waals surface area contributed by atoms with Crippen LogP contribution in [0.3, 0.4) is 0 Å². The molecular weight excluding hydrogens is 293 g/mol. The van der Waals surface area contributed by atoms with Crippen molar-refractivity contribution in [3.63, 3.8) is 0 Å². The van der Waals surface area contributed by atoms with Crippen LogP contribution >= 0.6 is 23.2 Å². The van der Waals surface area contributed by atoms with Crippen molar-refractivity contribution in [2.24, 2.45) is 5.73 Å². The van der Waals surface area contributed by atoms with Crippen LogP contribution in [0.4, 0.5) is 0 Å². The molecule has 0 spiro atoms. The van der Waals surface area contributed by atoms with Crippen LogP contribution in [0.15, 0.2) is 18.2 Å². The molecule has 0 fully saturated rings. The van der Waals surface area contributed by atoms with E-state index in [0.29, 0.717) is 22.4 Å². The highest BCUT2D eigenvalue weighted by atomic mass is 35.5. The molecule has 0 aliphatic rings. The van der Waals surface area contributed by atoms with Gasteiger partial charge in [0.25, 0.3) is 0 Å². The van der Waals surface area contributed by atoms with E-state index in [-0.39, 0.29) is 0 Å². The van der Waals surface area contributed by atoms with Gasteiger partial charge in [0.05, 0.1) is 0 Å². The number of nitrogens with zero attached hydrogens (tertiary/aromatic N) is 2. The zero-order chi connectivity index (χ0) is 14.7. The Balaban J connectivity index is 2.43. The molecule has 2 aromatic rings. The number of hydrogen-bond donors (Lipinski definition) is 1. The quantitative estimate of drug-likeness (QED) is 0.930. The number of nitrogens with two attached hydrogens (primary N) is 1. The third kappa shape index (κ3) is 3.48. The van der Waals surface area contributed by atoms with Crippen LogP contribution < -0.4 is 5.73 Å². The lowest BCUT2D eigenvalue weighted by Crippen LogP contribution is -2.06. The van der Waals surface area contributed by atoms with E-state index in [9.17, 15) is 0 Å². The summed E-state index contributed by atoms with van der Waals surface area (Å²) in [7, 11) is 0. The van der Waals surface area contributed by atoms with Crippen LogP contribution in [0.25, 0.3) is 11.4 Å². The number of aromatic nitrogens is 2. The number of hydrogen-bond acceptors (Lipinski definition) is 3. The molecule has 1 aromatic carbocycles.